The molecule has 2 saturated carbocycles. The lowest BCUT2D eigenvalue weighted by Crippen LogP contribution is -2.59. The average Bonchev–Trinajstić information content (AvgIpc) is 3.35. The molecule has 6 rings (SSSR count). The molecule has 0 radical (unpaired) electrons. The molecule has 5 aliphatic rings. The first-order valence-corrected chi connectivity index (χ1v) is 19.8. The molecule has 1 saturated heterocycles. The van der Waals surface area contributed by atoms with Crippen molar-refractivity contribution in [3.63, 3.8) is 0 Å². The highest BCUT2D eigenvalue weighted by atomic mass is 32.2. The molecule has 52 heavy (non-hydrogen) atoms. The van der Waals surface area contributed by atoms with Gasteiger partial charge in [0.05, 0.1) is 6.54 Å². The lowest BCUT2D eigenvalue weighted by Gasteiger charge is -2.30. The van der Waals surface area contributed by atoms with Gasteiger partial charge in [0.25, 0.3) is 5.91 Å². The predicted octanol–water partition coefficient (Wildman–Crippen LogP) is 2.90. The zero-order chi connectivity index (χ0) is 37.3. The van der Waals surface area contributed by atoms with E-state index in [0.717, 1.165) is 30.4 Å². The molecular formula is C36H50N6O9S. The van der Waals surface area contributed by atoms with Gasteiger partial charge in [-0.05, 0) is 70.4 Å². The van der Waals surface area contributed by atoms with Gasteiger partial charge in [-0.3, -0.25) is 19.3 Å². The maximum absolute atomic E-state index is 14.3. The predicted molar refractivity (Wildman–Crippen MR) is 188 cm³/mol. The number of rotatable bonds is 6. The lowest BCUT2D eigenvalue weighted by atomic mass is 9.94. The van der Waals surface area contributed by atoms with Crippen molar-refractivity contribution in [2.24, 2.45) is 5.92 Å². The fraction of sp³-hybridized carbons (Fsp3) is 0.639. The van der Waals surface area contributed by atoms with Crippen molar-refractivity contribution in [3.8, 4) is 0 Å². The number of nitrogens with zero attached hydrogens (tertiary/aromatic N) is 2. The number of ether oxygens (including phenoxy) is 2. The maximum atomic E-state index is 14.3. The van der Waals surface area contributed by atoms with Crippen LogP contribution < -0.4 is 20.1 Å². The summed E-state index contributed by atoms with van der Waals surface area (Å²) in [5, 5.41) is 5.51. The Hall–Kier alpha value is -4.18. The van der Waals surface area contributed by atoms with Crippen LogP contribution in [0.1, 0.15) is 96.1 Å². The summed E-state index contributed by atoms with van der Waals surface area (Å²) in [6.07, 6.45) is 6.90. The minimum absolute atomic E-state index is 0.0665. The van der Waals surface area contributed by atoms with Gasteiger partial charge in [-0.1, -0.05) is 55.7 Å². The van der Waals surface area contributed by atoms with E-state index in [1.807, 2.05) is 36.4 Å². The molecule has 1 aromatic carbocycles. The summed E-state index contributed by atoms with van der Waals surface area (Å²) < 4.78 is 41.7. The van der Waals surface area contributed by atoms with Crippen LogP contribution in [-0.4, -0.2) is 90.0 Å². The Kier molecular flexibility index (Phi) is 10.9. The molecule has 2 aliphatic carbocycles. The number of carbonyl (C=O) groups excluding carboxylic acids is 5. The van der Waals surface area contributed by atoms with Crippen LogP contribution in [0, 0.1) is 5.92 Å². The van der Waals surface area contributed by atoms with Crippen molar-refractivity contribution in [1.29, 1.82) is 0 Å². The zero-order valence-corrected chi connectivity index (χ0v) is 30.8. The highest BCUT2D eigenvalue weighted by Gasteiger charge is 2.62. The Bertz CT molecular complexity index is 1680. The van der Waals surface area contributed by atoms with Crippen LogP contribution in [0.2, 0.25) is 0 Å². The van der Waals surface area contributed by atoms with Gasteiger partial charge in [0, 0.05) is 31.5 Å². The van der Waals surface area contributed by atoms with E-state index in [0.29, 0.717) is 38.8 Å². The number of amides is 5. The van der Waals surface area contributed by atoms with Gasteiger partial charge in [0.15, 0.2) is 0 Å². The fourth-order valence-electron chi connectivity index (χ4n) is 7.28. The van der Waals surface area contributed by atoms with Gasteiger partial charge in [-0.15, -0.1) is 0 Å². The summed E-state index contributed by atoms with van der Waals surface area (Å²) in [4.78, 5) is 71.4. The van der Waals surface area contributed by atoms with Crippen LogP contribution >= 0.6 is 0 Å². The molecular weight excluding hydrogens is 692 g/mol. The van der Waals surface area contributed by atoms with Crippen molar-refractivity contribution in [3.05, 3.63) is 47.5 Å². The number of benzene rings is 1. The number of hydrogen-bond acceptors (Lipinski definition) is 9. The Balaban J connectivity index is 1.24. The number of nitrogens with one attached hydrogen (secondary N) is 4. The van der Waals surface area contributed by atoms with E-state index in [-0.39, 0.29) is 31.8 Å². The number of carbonyl (C=O) groups is 5. The molecule has 0 spiro atoms. The Morgan fingerprint density at radius 2 is 1.69 bits per heavy atom. The SMILES string of the molecule is CC(C)(C)OC(=O)N[C@H]1CCCCCC=C[C@@H]2C[C@@]2(C(=O)NS(=O)(=O)NC2CCC2)NC(=O)[C@@H]2C[C@@H](OC(=O)N3Cc4ccccc4C3)CN2C1=O. The van der Waals surface area contributed by atoms with Gasteiger partial charge in [-0.2, -0.15) is 13.1 Å². The zero-order valence-electron chi connectivity index (χ0n) is 30.0. The smallest absolute Gasteiger partial charge is 0.410 e. The van der Waals surface area contributed by atoms with Crippen molar-refractivity contribution in [2.45, 2.75) is 133 Å². The summed E-state index contributed by atoms with van der Waals surface area (Å²) in [6, 6.07) is 5.20. The highest BCUT2D eigenvalue weighted by molar-refractivity contribution is 7.88. The van der Waals surface area contributed by atoms with Crippen molar-refractivity contribution in [1.82, 2.24) is 29.9 Å². The molecule has 0 unspecified atom stereocenters. The van der Waals surface area contributed by atoms with Crippen molar-refractivity contribution < 1.29 is 41.9 Å². The van der Waals surface area contributed by atoms with E-state index < -0.39 is 75.4 Å². The van der Waals surface area contributed by atoms with Gasteiger partial charge < -0.3 is 25.0 Å². The average molecular weight is 743 g/mol. The molecule has 4 N–H and O–H groups in total. The van der Waals surface area contributed by atoms with Gasteiger partial charge in [0.2, 0.25) is 11.8 Å². The van der Waals surface area contributed by atoms with E-state index >= 15 is 0 Å². The lowest BCUT2D eigenvalue weighted by molar-refractivity contribution is -0.141. The summed E-state index contributed by atoms with van der Waals surface area (Å²) in [6.45, 7) is 5.73. The second kappa shape index (κ2) is 15.0. The van der Waals surface area contributed by atoms with Gasteiger partial charge in [-0.25, -0.2) is 14.3 Å². The number of fused-ring (bicyclic) bond motifs is 3. The summed E-state index contributed by atoms with van der Waals surface area (Å²) in [7, 11) is -4.20. The van der Waals surface area contributed by atoms with Gasteiger partial charge in [0.1, 0.15) is 29.3 Å². The minimum atomic E-state index is -4.20. The van der Waals surface area contributed by atoms with E-state index in [2.05, 4.69) is 20.1 Å². The molecule has 16 heteroatoms. The van der Waals surface area contributed by atoms with E-state index in [9.17, 15) is 32.4 Å². The number of allylic oxidation sites excluding steroid dienone is 1. The molecule has 3 heterocycles. The van der Waals surface area contributed by atoms with Crippen molar-refractivity contribution >= 4 is 40.1 Å². The second-order valence-electron chi connectivity index (χ2n) is 15.6. The molecule has 1 aromatic rings. The summed E-state index contributed by atoms with van der Waals surface area (Å²) in [5.41, 5.74) is -0.377. The minimum Gasteiger partial charge on any atom is -0.444 e. The second-order valence-corrected chi connectivity index (χ2v) is 17.0. The first-order valence-electron chi connectivity index (χ1n) is 18.3. The van der Waals surface area contributed by atoms with Crippen LogP contribution in [0.15, 0.2) is 36.4 Å². The van der Waals surface area contributed by atoms with Crippen LogP contribution in [0.3, 0.4) is 0 Å². The Labute approximate surface area is 304 Å². The molecule has 3 fully saturated rings. The number of alkyl carbamates (subject to hydrolysis) is 1. The molecule has 3 aliphatic heterocycles. The van der Waals surface area contributed by atoms with Crippen molar-refractivity contribution in [2.75, 3.05) is 6.54 Å². The van der Waals surface area contributed by atoms with Crippen LogP contribution in [0.4, 0.5) is 9.59 Å². The summed E-state index contributed by atoms with van der Waals surface area (Å²) >= 11 is 0. The van der Waals surface area contributed by atoms with Crippen LogP contribution in [0.25, 0.3) is 0 Å². The highest BCUT2D eigenvalue weighted by Crippen LogP contribution is 2.46. The Morgan fingerprint density at radius 1 is 0.981 bits per heavy atom. The third-order valence-corrected chi connectivity index (χ3v) is 11.5. The standard InChI is InChI=1S/C36H50N6O9S/c1-35(2,3)51-33(46)37-28-17-8-6-4-5-7-14-25-19-36(25,32(45)40-52(48,49)39-26-15-11-16-26)38-30(43)29-18-27(22-42(29)31(28)44)50-34(47)41-20-23-12-9-10-13-24(23)21-41/h7,9-10,12-14,25-29,39H,4-6,8,11,15-22H2,1-3H3,(H,37,46)(H,38,43)(H,40,45)/t25-,27-,28+,29+,36-/m1/s1. The van der Waals surface area contributed by atoms with E-state index in [1.165, 1.54) is 4.90 Å². The number of hydrogen-bond donors (Lipinski definition) is 4. The third-order valence-electron chi connectivity index (χ3n) is 10.4. The van der Waals surface area contributed by atoms with Crippen LogP contribution in [-0.2, 0) is 47.2 Å². The monoisotopic (exact) mass is 742 g/mol. The molecule has 0 bridgehead atoms. The molecule has 284 valence electrons. The summed E-state index contributed by atoms with van der Waals surface area (Å²) in [5.74, 6) is -2.59. The first-order chi connectivity index (χ1) is 24.6. The quantitative estimate of drug-likeness (QED) is 0.318. The molecule has 5 atom stereocenters. The third kappa shape index (κ3) is 8.88. The fourth-order valence-corrected chi connectivity index (χ4v) is 8.44. The molecule has 5 amide bonds. The van der Waals surface area contributed by atoms with Gasteiger partial charge >= 0.3 is 22.4 Å². The molecule has 0 aromatic heterocycles. The Morgan fingerprint density at radius 3 is 2.35 bits per heavy atom. The van der Waals surface area contributed by atoms with E-state index in [4.69, 9.17) is 9.47 Å². The molecule has 15 nitrogen and oxygen atoms in total. The first kappa shape index (κ1) is 37.6. The van der Waals surface area contributed by atoms with E-state index in [1.54, 1.807) is 25.7 Å². The topological polar surface area (TPSA) is 193 Å². The maximum Gasteiger partial charge on any atom is 0.410 e. The normalized spacial score (nSPS) is 28.2. The largest absolute Gasteiger partial charge is 0.444 e. The van der Waals surface area contributed by atoms with Crippen LogP contribution in [0.5, 0.6) is 0 Å².